The Morgan fingerprint density at radius 1 is 1.12 bits per heavy atom. The van der Waals surface area contributed by atoms with Gasteiger partial charge in [0.1, 0.15) is 6.04 Å². The van der Waals surface area contributed by atoms with E-state index in [-0.39, 0.29) is 12.5 Å². The molecule has 1 heterocycles. The lowest BCUT2D eigenvalue weighted by Crippen LogP contribution is -2.44. The predicted molar refractivity (Wildman–Crippen MR) is 97.8 cm³/mol. The quantitative estimate of drug-likeness (QED) is 0.739. The Kier molecular flexibility index (Phi) is 5.81. The molecule has 0 bridgehead atoms. The minimum absolute atomic E-state index is 0.206. The summed E-state index contributed by atoms with van der Waals surface area (Å²) >= 11 is 0. The van der Waals surface area contributed by atoms with Crippen LogP contribution in [0.5, 0.6) is 0 Å². The molecule has 0 saturated carbocycles. The molecule has 5 nitrogen and oxygen atoms in total. The van der Waals surface area contributed by atoms with Crippen LogP contribution in [0.15, 0.2) is 54.6 Å². The molecule has 0 aromatic heterocycles. The summed E-state index contributed by atoms with van der Waals surface area (Å²) in [6, 6.07) is 16.9. The van der Waals surface area contributed by atoms with E-state index in [0.29, 0.717) is 6.54 Å². The number of aliphatic hydroxyl groups is 1. The van der Waals surface area contributed by atoms with Crippen molar-refractivity contribution in [3.8, 4) is 0 Å². The maximum absolute atomic E-state index is 12.1. The molecule has 1 aliphatic rings. The number of hydrogen-bond acceptors (Lipinski definition) is 4. The van der Waals surface area contributed by atoms with Gasteiger partial charge < -0.3 is 16.2 Å². The Hall–Kier alpha value is -2.21. The number of carbonyl (C=O) groups excluding carboxylic acids is 1. The summed E-state index contributed by atoms with van der Waals surface area (Å²) in [7, 11) is 0. The van der Waals surface area contributed by atoms with Gasteiger partial charge in [-0.25, -0.2) is 0 Å². The van der Waals surface area contributed by atoms with E-state index in [1.54, 1.807) is 0 Å². The summed E-state index contributed by atoms with van der Waals surface area (Å²) < 4.78 is 0. The first-order chi connectivity index (χ1) is 12.1. The lowest BCUT2D eigenvalue weighted by Gasteiger charge is -2.30. The molecule has 132 valence electrons. The Balaban J connectivity index is 1.45. The molecule has 0 saturated heterocycles. The van der Waals surface area contributed by atoms with Crippen molar-refractivity contribution in [1.29, 1.82) is 0 Å². The standard InChI is InChI=1S/C20H25N3O2/c21-19(16-7-2-1-3-8-16)20(25)22-12-18(24)14-23-11-10-15-6-4-5-9-17(15)13-23/h1-9,18-19,24H,10-14,21H2,(H,22,25). The summed E-state index contributed by atoms with van der Waals surface area (Å²) in [6.07, 6.45) is 0.380. The molecule has 2 aromatic rings. The van der Waals surface area contributed by atoms with E-state index in [2.05, 4.69) is 28.4 Å². The maximum Gasteiger partial charge on any atom is 0.241 e. The molecule has 3 rings (SSSR count). The third-order valence-corrected chi connectivity index (χ3v) is 4.63. The fourth-order valence-corrected chi connectivity index (χ4v) is 3.21. The molecule has 5 heteroatoms. The number of amides is 1. The van der Waals surface area contributed by atoms with Crippen LogP contribution in [0.3, 0.4) is 0 Å². The molecule has 1 amide bonds. The number of rotatable bonds is 6. The number of fused-ring (bicyclic) bond motifs is 1. The SMILES string of the molecule is NC(C(=O)NCC(O)CN1CCc2ccccc2C1)c1ccccc1. The first-order valence-electron chi connectivity index (χ1n) is 8.69. The van der Waals surface area contributed by atoms with Crippen molar-refractivity contribution in [3.63, 3.8) is 0 Å². The first-order valence-corrected chi connectivity index (χ1v) is 8.69. The van der Waals surface area contributed by atoms with Crippen LogP contribution >= 0.6 is 0 Å². The summed E-state index contributed by atoms with van der Waals surface area (Å²) in [6.45, 7) is 2.50. The Morgan fingerprint density at radius 2 is 1.80 bits per heavy atom. The largest absolute Gasteiger partial charge is 0.390 e. The molecular formula is C20H25N3O2. The second-order valence-corrected chi connectivity index (χ2v) is 6.54. The number of β-amino-alcohol motifs (C(OH)–C–C–N with tert-alkyl or cyclic N) is 1. The minimum atomic E-state index is -0.713. The van der Waals surface area contributed by atoms with Gasteiger partial charge in [-0.1, -0.05) is 54.6 Å². The number of hydrogen-bond donors (Lipinski definition) is 3. The summed E-state index contributed by atoms with van der Waals surface area (Å²) in [4.78, 5) is 14.4. The second kappa shape index (κ2) is 8.25. The van der Waals surface area contributed by atoms with Crippen molar-refractivity contribution in [2.75, 3.05) is 19.6 Å². The van der Waals surface area contributed by atoms with Crippen molar-refractivity contribution in [2.24, 2.45) is 5.73 Å². The van der Waals surface area contributed by atoms with Crippen LogP contribution < -0.4 is 11.1 Å². The second-order valence-electron chi connectivity index (χ2n) is 6.54. The minimum Gasteiger partial charge on any atom is -0.390 e. The maximum atomic E-state index is 12.1. The average Bonchev–Trinajstić information content (AvgIpc) is 2.66. The van der Waals surface area contributed by atoms with Gasteiger partial charge in [-0.05, 0) is 23.1 Å². The van der Waals surface area contributed by atoms with E-state index in [1.807, 2.05) is 36.4 Å². The van der Waals surface area contributed by atoms with Gasteiger partial charge in [0.15, 0.2) is 0 Å². The molecule has 0 spiro atoms. The molecule has 1 aliphatic heterocycles. The number of nitrogens with two attached hydrogens (primary N) is 1. The molecular weight excluding hydrogens is 314 g/mol. The zero-order valence-electron chi connectivity index (χ0n) is 14.3. The van der Waals surface area contributed by atoms with Crippen LogP contribution in [0.25, 0.3) is 0 Å². The third-order valence-electron chi connectivity index (χ3n) is 4.63. The summed E-state index contributed by atoms with van der Waals surface area (Å²) in [5.41, 5.74) is 9.42. The van der Waals surface area contributed by atoms with Gasteiger partial charge in [-0.15, -0.1) is 0 Å². The molecule has 4 N–H and O–H groups in total. The molecule has 0 aliphatic carbocycles. The Labute approximate surface area is 148 Å². The molecule has 2 unspecified atom stereocenters. The van der Waals surface area contributed by atoms with Crippen LogP contribution in [0, 0.1) is 0 Å². The Morgan fingerprint density at radius 3 is 2.56 bits per heavy atom. The van der Waals surface area contributed by atoms with Crippen LogP contribution in [0.2, 0.25) is 0 Å². The van der Waals surface area contributed by atoms with E-state index < -0.39 is 12.1 Å². The van der Waals surface area contributed by atoms with Crippen molar-refractivity contribution in [3.05, 3.63) is 71.3 Å². The molecule has 2 atom stereocenters. The average molecular weight is 339 g/mol. The predicted octanol–water partition coefficient (Wildman–Crippen LogP) is 1.22. The Bertz CT molecular complexity index is 705. The van der Waals surface area contributed by atoms with Crippen LogP contribution in [0.4, 0.5) is 0 Å². The number of benzene rings is 2. The van der Waals surface area contributed by atoms with Gasteiger partial charge in [0.05, 0.1) is 6.10 Å². The number of nitrogens with one attached hydrogen (secondary N) is 1. The lowest BCUT2D eigenvalue weighted by molar-refractivity contribution is -0.123. The zero-order chi connectivity index (χ0) is 17.6. The highest BCUT2D eigenvalue weighted by atomic mass is 16.3. The normalized spacial score (nSPS) is 16.7. The highest BCUT2D eigenvalue weighted by Crippen LogP contribution is 2.18. The highest BCUT2D eigenvalue weighted by molar-refractivity contribution is 5.82. The van der Waals surface area contributed by atoms with Gasteiger partial charge in [-0.2, -0.15) is 0 Å². The van der Waals surface area contributed by atoms with Crippen LogP contribution in [0.1, 0.15) is 22.7 Å². The topological polar surface area (TPSA) is 78.6 Å². The van der Waals surface area contributed by atoms with E-state index in [0.717, 1.165) is 25.1 Å². The van der Waals surface area contributed by atoms with Gasteiger partial charge in [0.25, 0.3) is 0 Å². The molecule has 25 heavy (non-hydrogen) atoms. The molecule has 0 radical (unpaired) electrons. The smallest absolute Gasteiger partial charge is 0.241 e. The van der Waals surface area contributed by atoms with E-state index in [4.69, 9.17) is 5.73 Å². The van der Waals surface area contributed by atoms with E-state index in [9.17, 15) is 9.90 Å². The number of carbonyl (C=O) groups is 1. The number of nitrogens with zero attached hydrogens (tertiary/aromatic N) is 1. The van der Waals surface area contributed by atoms with E-state index >= 15 is 0 Å². The fourth-order valence-electron chi connectivity index (χ4n) is 3.21. The van der Waals surface area contributed by atoms with Crippen LogP contribution in [-0.2, 0) is 17.8 Å². The van der Waals surface area contributed by atoms with Crippen molar-refractivity contribution < 1.29 is 9.90 Å². The van der Waals surface area contributed by atoms with Crippen LogP contribution in [-0.4, -0.2) is 41.7 Å². The van der Waals surface area contributed by atoms with Gasteiger partial charge in [-0.3, -0.25) is 9.69 Å². The van der Waals surface area contributed by atoms with Crippen molar-refractivity contribution >= 4 is 5.91 Å². The van der Waals surface area contributed by atoms with Gasteiger partial charge >= 0.3 is 0 Å². The van der Waals surface area contributed by atoms with Crippen molar-refractivity contribution in [2.45, 2.75) is 25.1 Å². The van der Waals surface area contributed by atoms with Gasteiger partial charge in [0.2, 0.25) is 5.91 Å². The lowest BCUT2D eigenvalue weighted by atomic mass is 10.00. The third kappa shape index (κ3) is 4.66. The van der Waals surface area contributed by atoms with E-state index in [1.165, 1.54) is 11.1 Å². The van der Waals surface area contributed by atoms with Crippen molar-refractivity contribution in [1.82, 2.24) is 10.2 Å². The molecule has 2 aromatic carbocycles. The monoisotopic (exact) mass is 339 g/mol. The van der Waals surface area contributed by atoms with Gasteiger partial charge in [0, 0.05) is 26.2 Å². The zero-order valence-corrected chi connectivity index (χ0v) is 14.3. The first kappa shape index (κ1) is 17.6. The fraction of sp³-hybridized carbons (Fsp3) is 0.350. The summed E-state index contributed by atoms with van der Waals surface area (Å²) in [5.74, 6) is -0.269. The molecule has 0 fully saturated rings. The highest BCUT2D eigenvalue weighted by Gasteiger charge is 2.20. The number of aliphatic hydroxyl groups excluding tert-OH is 1. The summed E-state index contributed by atoms with van der Waals surface area (Å²) in [5, 5.41) is 13.0.